The Morgan fingerprint density at radius 2 is 1.83 bits per heavy atom. The quantitative estimate of drug-likeness (QED) is 0.746. The molecule has 7 heteroatoms. The van der Waals surface area contributed by atoms with Crippen LogP contribution in [0.25, 0.3) is 11.3 Å². The second kappa shape index (κ2) is 7.48. The Hall–Kier alpha value is -2.93. The molecule has 0 saturated carbocycles. The Morgan fingerprint density at radius 1 is 1.03 bits per heavy atom. The van der Waals surface area contributed by atoms with Gasteiger partial charge in [-0.3, -0.25) is 4.79 Å². The molecule has 7 nitrogen and oxygen atoms in total. The van der Waals surface area contributed by atoms with Crippen molar-refractivity contribution in [2.45, 2.75) is 31.8 Å². The summed E-state index contributed by atoms with van der Waals surface area (Å²) in [6.45, 7) is 4.21. The van der Waals surface area contributed by atoms with Crippen molar-refractivity contribution in [3.8, 4) is 11.3 Å². The molecule has 5 rings (SSSR count). The zero-order valence-corrected chi connectivity index (χ0v) is 16.7. The van der Waals surface area contributed by atoms with Crippen LogP contribution in [0.4, 0.5) is 0 Å². The molecule has 1 aromatic carbocycles. The van der Waals surface area contributed by atoms with E-state index in [0.29, 0.717) is 5.92 Å². The van der Waals surface area contributed by atoms with E-state index in [1.165, 1.54) is 0 Å². The predicted octanol–water partition coefficient (Wildman–Crippen LogP) is 2.41. The number of hydrogen-bond donors (Lipinski definition) is 1. The first-order valence-corrected chi connectivity index (χ1v) is 10.4. The maximum Gasteiger partial charge on any atom is 0.270 e. The minimum atomic E-state index is 0.112. The van der Waals surface area contributed by atoms with Gasteiger partial charge in [0.2, 0.25) is 0 Å². The van der Waals surface area contributed by atoms with Gasteiger partial charge < -0.3 is 19.4 Å². The molecule has 3 aromatic rings. The first-order valence-electron chi connectivity index (χ1n) is 10.4. The molecule has 0 atom stereocenters. The van der Waals surface area contributed by atoms with E-state index in [9.17, 15) is 4.79 Å². The zero-order chi connectivity index (χ0) is 19.8. The van der Waals surface area contributed by atoms with Crippen LogP contribution in [-0.4, -0.2) is 49.8 Å². The number of fused-ring (bicyclic) bond motifs is 1. The first-order chi connectivity index (χ1) is 14.2. The van der Waals surface area contributed by atoms with E-state index in [4.69, 9.17) is 0 Å². The smallest absolute Gasteiger partial charge is 0.270 e. The highest BCUT2D eigenvalue weighted by molar-refractivity contribution is 5.94. The molecule has 2 aliphatic heterocycles. The summed E-state index contributed by atoms with van der Waals surface area (Å²) in [4.78, 5) is 15.1. The molecule has 0 spiro atoms. The molecule has 4 heterocycles. The fraction of sp³-hybridized carbons (Fsp3) is 0.409. The lowest BCUT2D eigenvalue weighted by Gasteiger charge is -2.32. The van der Waals surface area contributed by atoms with Crippen LogP contribution in [0.2, 0.25) is 0 Å². The molecule has 2 aromatic heterocycles. The Balaban J connectivity index is 1.29. The van der Waals surface area contributed by atoms with Crippen molar-refractivity contribution in [3.05, 3.63) is 59.8 Å². The van der Waals surface area contributed by atoms with E-state index in [-0.39, 0.29) is 5.91 Å². The van der Waals surface area contributed by atoms with Crippen molar-refractivity contribution in [2.24, 2.45) is 7.05 Å². The van der Waals surface area contributed by atoms with Gasteiger partial charge in [0.25, 0.3) is 5.91 Å². The van der Waals surface area contributed by atoms with Crippen LogP contribution in [0.3, 0.4) is 0 Å². The number of hydrogen-bond acceptors (Lipinski definition) is 4. The maximum absolute atomic E-state index is 13.2. The molecule has 0 aliphatic carbocycles. The number of carbonyl (C=O) groups is 1. The topological polar surface area (TPSA) is 68.0 Å². The predicted molar refractivity (Wildman–Crippen MR) is 110 cm³/mol. The van der Waals surface area contributed by atoms with Crippen molar-refractivity contribution >= 4 is 5.91 Å². The van der Waals surface area contributed by atoms with Gasteiger partial charge in [0.05, 0.1) is 6.54 Å². The highest BCUT2D eigenvalue weighted by atomic mass is 16.2. The van der Waals surface area contributed by atoms with Crippen LogP contribution in [0.1, 0.15) is 40.9 Å². The summed E-state index contributed by atoms with van der Waals surface area (Å²) in [5.74, 6) is 2.62. The Bertz CT molecular complexity index is 1010. The highest BCUT2D eigenvalue weighted by Crippen LogP contribution is 2.29. The van der Waals surface area contributed by atoms with Crippen molar-refractivity contribution < 1.29 is 4.79 Å². The summed E-state index contributed by atoms with van der Waals surface area (Å²) in [6.07, 6.45) is 1.88. The summed E-state index contributed by atoms with van der Waals surface area (Å²) in [5, 5.41) is 12.1. The van der Waals surface area contributed by atoms with E-state index in [1.807, 2.05) is 46.8 Å². The van der Waals surface area contributed by atoms with E-state index in [2.05, 4.69) is 32.2 Å². The van der Waals surface area contributed by atoms with E-state index in [0.717, 1.165) is 74.2 Å². The number of aromatic nitrogens is 4. The average molecular weight is 390 g/mol. The van der Waals surface area contributed by atoms with Crippen molar-refractivity contribution in [1.82, 2.24) is 29.5 Å². The minimum absolute atomic E-state index is 0.112. The molecular formula is C22H26N6O. The molecule has 1 saturated heterocycles. The average Bonchev–Trinajstić information content (AvgIpc) is 3.38. The second-order valence-electron chi connectivity index (χ2n) is 7.90. The normalized spacial score (nSPS) is 17.3. The third-order valence-corrected chi connectivity index (χ3v) is 6.21. The number of nitrogens with zero attached hydrogens (tertiary/aromatic N) is 5. The summed E-state index contributed by atoms with van der Waals surface area (Å²) in [5.41, 5.74) is 2.93. The van der Waals surface area contributed by atoms with Crippen molar-refractivity contribution in [2.75, 3.05) is 19.6 Å². The number of amides is 1. The van der Waals surface area contributed by atoms with Gasteiger partial charge in [-0.05, 0) is 30.5 Å². The van der Waals surface area contributed by atoms with Gasteiger partial charge in [-0.2, -0.15) is 0 Å². The van der Waals surface area contributed by atoms with Crippen LogP contribution in [-0.2, 0) is 20.1 Å². The van der Waals surface area contributed by atoms with Crippen molar-refractivity contribution in [3.63, 3.8) is 0 Å². The van der Waals surface area contributed by atoms with Gasteiger partial charge in [-0.1, -0.05) is 30.3 Å². The van der Waals surface area contributed by atoms with Crippen LogP contribution < -0.4 is 5.32 Å². The molecule has 150 valence electrons. The lowest BCUT2D eigenvalue weighted by molar-refractivity contribution is 0.0700. The Morgan fingerprint density at radius 3 is 2.62 bits per heavy atom. The molecule has 1 N–H and O–H groups in total. The second-order valence-corrected chi connectivity index (χ2v) is 7.90. The lowest BCUT2D eigenvalue weighted by atomic mass is 9.95. The zero-order valence-electron chi connectivity index (χ0n) is 16.7. The van der Waals surface area contributed by atoms with Gasteiger partial charge in [-0.15, -0.1) is 10.2 Å². The Labute approximate surface area is 170 Å². The van der Waals surface area contributed by atoms with Gasteiger partial charge in [0.1, 0.15) is 17.3 Å². The molecule has 2 aliphatic rings. The third-order valence-electron chi connectivity index (χ3n) is 6.21. The summed E-state index contributed by atoms with van der Waals surface area (Å²) in [7, 11) is 1.97. The van der Waals surface area contributed by atoms with Crippen LogP contribution in [0.5, 0.6) is 0 Å². The van der Waals surface area contributed by atoms with Crippen LogP contribution >= 0.6 is 0 Å². The van der Waals surface area contributed by atoms with E-state index < -0.39 is 0 Å². The van der Waals surface area contributed by atoms with Crippen LogP contribution in [0.15, 0.2) is 42.5 Å². The largest absolute Gasteiger partial charge is 0.340 e. The van der Waals surface area contributed by atoms with Gasteiger partial charge in [0.15, 0.2) is 0 Å². The van der Waals surface area contributed by atoms with E-state index >= 15 is 0 Å². The molecule has 0 bridgehead atoms. The number of rotatable bonds is 3. The first kappa shape index (κ1) is 18.1. The van der Waals surface area contributed by atoms with E-state index in [1.54, 1.807) is 0 Å². The van der Waals surface area contributed by atoms with Gasteiger partial charge >= 0.3 is 0 Å². The third kappa shape index (κ3) is 3.25. The standard InChI is InChI=1S/C22H26N6O/c1-26-18(16-5-3-2-4-6-16)7-8-19(26)22(29)27-12-9-17(10-13-27)21-25-24-20-15-23-11-14-28(20)21/h2-8,17,23H,9-15H2,1H3. The fourth-order valence-corrected chi connectivity index (χ4v) is 4.54. The molecule has 29 heavy (non-hydrogen) atoms. The number of piperidine rings is 1. The molecule has 0 unspecified atom stereocenters. The highest BCUT2D eigenvalue weighted by Gasteiger charge is 2.30. The van der Waals surface area contributed by atoms with Crippen LogP contribution in [0, 0.1) is 0 Å². The molecule has 1 fully saturated rings. The molecule has 1 amide bonds. The number of nitrogens with one attached hydrogen (secondary N) is 1. The SMILES string of the molecule is Cn1c(C(=O)N2CCC(c3nnc4n3CCNC4)CC2)ccc1-c1ccccc1. The molecular weight excluding hydrogens is 364 g/mol. The van der Waals surface area contributed by atoms with Gasteiger partial charge in [0, 0.05) is 44.8 Å². The summed E-state index contributed by atoms with van der Waals surface area (Å²) in [6, 6.07) is 14.2. The summed E-state index contributed by atoms with van der Waals surface area (Å²) >= 11 is 0. The maximum atomic E-state index is 13.2. The number of carbonyl (C=O) groups excluding carboxylic acids is 1. The molecule has 0 radical (unpaired) electrons. The number of benzene rings is 1. The number of likely N-dealkylation sites (tertiary alicyclic amines) is 1. The Kier molecular flexibility index (Phi) is 4.67. The fourth-order valence-electron chi connectivity index (χ4n) is 4.54. The van der Waals surface area contributed by atoms with Crippen molar-refractivity contribution in [1.29, 1.82) is 0 Å². The summed E-state index contributed by atoms with van der Waals surface area (Å²) < 4.78 is 4.27. The minimum Gasteiger partial charge on any atom is -0.340 e. The lowest BCUT2D eigenvalue weighted by Crippen LogP contribution is -2.39. The van der Waals surface area contributed by atoms with Gasteiger partial charge in [-0.25, -0.2) is 0 Å². The monoisotopic (exact) mass is 390 g/mol.